The van der Waals surface area contributed by atoms with Crippen LogP contribution in [-0.4, -0.2) is 18.9 Å². The Kier molecular flexibility index (Phi) is 1.43. The van der Waals surface area contributed by atoms with Gasteiger partial charge in [-0.2, -0.15) is 0 Å². The lowest BCUT2D eigenvalue weighted by Gasteiger charge is -2.16. The highest BCUT2D eigenvalue weighted by molar-refractivity contribution is 6.10. The Labute approximate surface area is 71.8 Å². The molecule has 0 saturated carbocycles. The average Bonchev–Trinajstić information content (AvgIpc) is 2.33. The molecule has 62 valence electrons. The summed E-state index contributed by atoms with van der Waals surface area (Å²) < 4.78 is 0. The third-order valence-electron chi connectivity index (χ3n) is 2.51. The molecule has 1 atom stereocenters. The lowest BCUT2D eigenvalue weighted by atomic mass is 10.1. The fraction of sp³-hybridized carbons (Fsp3) is 0.300. The summed E-state index contributed by atoms with van der Waals surface area (Å²) in [6, 6.07) is 7.74. The van der Waals surface area contributed by atoms with Crippen LogP contribution in [0.25, 0.3) is 0 Å². The molecule has 0 aromatic heterocycles. The van der Waals surface area contributed by atoms with Gasteiger partial charge in [0.25, 0.3) is 0 Å². The van der Waals surface area contributed by atoms with Crippen LogP contribution in [0.4, 0.5) is 5.69 Å². The van der Waals surface area contributed by atoms with Gasteiger partial charge < -0.3 is 4.90 Å². The van der Waals surface area contributed by atoms with Gasteiger partial charge in [0.2, 0.25) is 0 Å². The van der Waals surface area contributed by atoms with Crippen molar-refractivity contribution in [3.63, 3.8) is 0 Å². The number of carbonyl (C=O) groups excluding carboxylic acids is 1. The normalized spacial score (nSPS) is 21.3. The van der Waals surface area contributed by atoms with Crippen molar-refractivity contribution in [1.82, 2.24) is 0 Å². The minimum absolute atomic E-state index is 0.00222. The fourth-order valence-electron chi connectivity index (χ4n) is 1.60. The smallest absolute Gasteiger partial charge is 0.186 e. The predicted molar refractivity (Wildman–Crippen MR) is 48.6 cm³/mol. The molecule has 1 aromatic carbocycles. The molecule has 0 radical (unpaired) electrons. The summed E-state index contributed by atoms with van der Waals surface area (Å²) in [6.45, 7) is 1.93. The van der Waals surface area contributed by atoms with E-state index in [9.17, 15) is 4.79 Å². The molecule has 0 aliphatic carbocycles. The first kappa shape index (κ1) is 7.35. The second kappa shape index (κ2) is 2.34. The van der Waals surface area contributed by atoms with Gasteiger partial charge in [-0.3, -0.25) is 4.79 Å². The van der Waals surface area contributed by atoms with Crippen LogP contribution < -0.4 is 4.90 Å². The fourth-order valence-corrected chi connectivity index (χ4v) is 1.60. The van der Waals surface area contributed by atoms with E-state index in [1.165, 1.54) is 0 Å². The highest BCUT2D eigenvalue weighted by atomic mass is 16.1. The first-order valence-corrected chi connectivity index (χ1v) is 4.08. The Morgan fingerprint density at radius 2 is 2.00 bits per heavy atom. The molecule has 2 heteroatoms. The lowest BCUT2D eigenvalue weighted by Crippen LogP contribution is -2.28. The summed E-state index contributed by atoms with van der Waals surface area (Å²) in [4.78, 5) is 13.6. The van der Waals surface area contributed by atoms with E-state index in [-0.39, 0.29) is 11.8 Å². The maximum atomic E-state index is 11.6. The van der Waals surface area contributed by atoms with Gasteiger partial charge in [-0.05, 0) is 19.1 Å². The van der Waals surface area contributed by atoms with E-state index in [4.69, 9.17) is 0 Å². The van der Waals surface area contributed by atoms with E-state index >= 15 is 0 Å². The number of ketones is 1. The van der Waals surface area contributed by atoms with Crippen molar-refractivity contribution in [2.24, 2.45) is 0 Å². The van der Waals surface area contributed by atoms with Crippen molar-refractivity contribution in [2.45, 2.75) is 13.0 Å². The number of para-hydroxylation sites is 1. The van der Waals surface area contributed by atoms with Crippen molar-refractivity contribution >= 4 is 11.5 Å². The van der Waals surface area contributed by atoms with Crippen molar-refractivity contribution in [3.05, 3.63) is 29.8 Å². The van der Waals surface area contributed by atoms with E-state index in [2.05, 4.69) is 0 Å². The topological polar surface area (TPSA) is 20.3 Å². The van der Waals surface area contributed by atoms with Crippen molar-refractivity contribution in [2.75, 3.05) is 11.9 Å². The van der Waals surface area contributed by atoms with E-state index in [1.54, 1.807) is 0 Å². The predicted octanol–water partition coefficient (Wildman–Crippen LogP) is 1.71. The maximum Gasteiger partial charge on any atom is 0.186 e. The number of nitrogens with zero attached hydrogens (tertiary/aromatic N) is 1. The van der Waals surface area contributed by atoms with Crippen LogP contribution in [-0.2, 0) is 0 Å². The van der Waals surface area contributed by atoms with Crippen LogP contribution in [0.15, 0.2) is 24.3 Å². The van der Waals surface area contributed by atoms with Crippen LogP contribution in [0.3, 0.4) is 0 Å². The van der Waals surface area contributed by atoms with Gasteiger partial charge in [0.1, 0.15) is 0 Å². The summed E-state index contributed by atoms with van der Waals surface area (Å²) in [5.74, 6) is 0.230. The van der Waals surface area contributed by atoms with Crippen LogP contribution in [0.5, 0.6) is 0 Å². The minimum atomic E-state index is 0.00222. The summed E-state index contributed by atoms with van der Waals surface area (Å²) in [5, 5.41) is 0. The molecular formula is C10H11NO. The number of likely N-dealkylation sites (N-methyl/N-ethyl adjacent to an activating group) is 1. The van der Waals surface area contributed by atoms with Gasteiger partial charge in [0.15, 0.2) is 5.78 Å². The molecule has 0 amide bonds. The SMILES string of the molecule is C[C@@H]1C(=O)c2ccccc2N1C. The van der Waals surface area contributed by atoms with Gasteiger partial charge in [-0.25, -0.2) is 0 Å². The van der Waals surface area contributed by atoms with Crippen LogP contribution in [0, 0.1) is 0 Å². The molecule has 0 fully saturated rings. The van der Waals surface area contributed by atoms with Crippen molar-refractivity contribution in [1.29, 1.82) is 0 Å². The second-order valence-corrected chi connectivity index (χ2v) is 3.17. The Morgan fingerprint density at radius 3 is 2.67 bits per heavy atom. The third-order valence-corrected chi connectivity index (χ3v) is 2.51. The first-order valence-electron chi connectivity index (χ1n) is 4.08. The number of hydrogen-bond donors (Lipinski definition) is 0. The van der Waals surface area contributed by atoms with Crippen LogP contribution >= 0.6 is 0 Å². The molecule has 0 saturated heterocycles. The molecule has 1 aromatic rings. The Hall–Kier alpha value is -1.31. The molecule has 0 bridgehead atoms. The number of benzene rings is 1. The van der Waals surface area contributed by atoms with E-state index in [0.717, 1.165) is 11.3 Å². The molecule has 1 aliphatic rings. The molecular weight excluding hydrogens is 150 g/mol. The van der Waals surface area contributed by atoms with E-state index in [0.29, 0.717) is 0 Å². The Bertz CT molecular complexity index is 332. The van der Waals surface area contributed by atoms with Crippen molar-refractivity contribution < 1.29 is 4.79 Å². The zero-order chi connectivity index (χ0) is 8.72. The number of rotatable bonds is 0. The molecule has 2 nitrogen and oxygen atoms in total. The third kappa shape index (κ3) is 0.779. The van der Waals surface area contributed by atoms with Gasteiger partial charge in [0.05, 0.1) is 6.04 Å². The van der Waals surface area contributed by atoms with Gasteiger partial charge in [0, 0.05) is 18.3 Å². The minimum Gasteiger partial charge on any atom is -0.364 e. The van der Waals surface area contributed by atoms with Crippen LogP contribution in [0.2, 0.25) is 0 Å². The zero-order valence-electron chi connectivity index (χ0n) is 7.24. The number of fused-ring (bicyclic) bond motifs is 1. The lowest BCUT2D eigenvalue weighted by molar-refractivity contribution is 0.0978. The molecule has 0 N–H and O–H groups in total. The molecule has 0 spiro atoms. The number of Topliss-reactive ketones (excluding diaryl/α,β-unsaturated/α-hetero) is 1. The monoisotopic (exact) mass is 161 g/mol. The van der Waals surface area contributed by atoms with E-state index in [1.807, 2.05) is 43.1 Å². The highest BCUT2D eigenvalue weighted by Gasteiger charge is 2.30. The molecule has 1 aliphatic heterocycles. The summed E-state index contributed by atoms with van der Waals surface area (Å²) in [5.41, 5.74) is 1.91. The number of anilines is 1. The van der Waals surface area contributed by atoms with Gasteiger partial charge >= 0.3 is 0 Å². The number of hydrogen-bond acceptors (Lipinski definition) is 2. The first-order chi connectivity index (χ1) is 5.72. The second-order valence-electron chi connectivity index (χ2n) is 3.17. The molecule has 1 heterocycles. The standard InChI is InChI=1S/C10H11NO/c1-7-10(12)8-5-3-4-6-9(8)11(7)2/h3-7H,1-2H3/t7-/m1/s1. The number of carbonyl (C=O) groups is 1. The highest BCUT2D eigenvalue weighted by Crippen LogP contribution is 2.29. The largest absolute Gasteiger partial charge is 0.364 e. The molecule has 12 heavy (non-hydrogen) atoms. The van der Waals surface area contributed by atoms with Crippen LogP contribution in [0.1, 0.15) is 17.3 Å². The molecule has 0 unspecified atom stereocenters. The van der Waals surface area contributed by atoms with Gasteiger partial charge in [-0.15, -0.1) is 0 Å². The van der Waals surface area contributed by atoms with E-state index < -0.39 is 0 Å². The average molecular weight is 161 g/mol. The quantitative estimate of drug-likeness (QED) is 0.577. The van der Waals surface area contributed by atoms with Crippen molar-refractivity contribution in [3.8, 4) is 0 Å². The maximum absolute atomic E-state index is 11.6. The Morgan fingerprint density at radius 1 is 1.33 bits per heavy atom. The summed E-state index contributed by atoms with van der Waals surface area (Å²) in [6.07, 6.45) is 0. The Balaban J connectivity index is 2.59. The summed E-state index contributed by atoms with van der Waals surface area (Å²) >= 11 is 0. The molecule has 2 rings (SSSR count). The van der Waals surface area contributed by atoms with Gasteiger partial charge in [-0.1, -0.05) is 12.1 Å². The summed E-state index contributed by atoms with van der Waals surface area (Å²) in [7, 11) is 1.95. The zero-order valence-corrected chi connectivity index (χ0v) is 7.24.